The first-order valence-electron chi connectivity index (χ1n) is 8.43. The monoisotopic (exact) mass is 388 g/mol. The smallest absolute Gasteiger partial charge is 0.284 e. The highest BCUT2D eigenvalue weighted by Crippen LogP contribution is 2.39. The van der Waals surface area contributed by atoms with Crippen LogP contribution in [0.5, 0.6) is 0 Å². The fourth-order valence-corrected chi connectivity index (χ4v) is 5.14. The number of carbonyl (C=O) groups is 1. The van der Waals surface area contributed by atoms with Crippen LogP contribution in [-0.2, 0) is 21.2 Å². The number of nitrogens with zero attached hydrogens (tertiary/aromatic N) is 2. The third-order valence-electron chi connectivity index (χ3n) is 4.19. The zero-order chi connectivity index (χ0) is 18.7. The molecule has 1 aliphatic heterocycles. The van der Waals surface area contributed by atoms with E-state index < -0.39 is 15.3 Å². The number of sulfonamides is 1. The first kappa shape index (κ1) is 18.7. The maximum atomic E-state index is 12.7. The second-order valence-electron chi connectivity index (χ2n) is 5.84. The van der Waals surface area contributed by atoms with Gasteiger partial charge in [-0.15, -0.1) is 4.40 Å². The molecule has 0 saturated carbocycles. The maximum Gasteiger partial charge on any atom is 0.284 e. The number of hydrogen-bond donors (Lipinski definition) is 0. The molecule has 1 aliphatic rings. The molecule has 3 rings (SSSR count). The maximum absolute atomic E-state index is 12.7. The molecular formula is C19H20N2O3S2. The summed E-state index contributed by atoms with van der Waals surface area (Å²) >= 11 is 1.18. The van der Waals surface area contributed by atoms with Crippen molar-refractivity contribution in [3.63, 3.8) is 0 Å². The van der Waals surface area contributed by atoms with Crippen molar-refractivity contribution >= 4 is 32.9 Å². The molecule has 1 atom stereocenters. The quantitative estimate of drug-likeness (QED) is 0.784. The molecule has 5 nitrogen and oxygen atoms in total. The van der Waals surface area contributed by atoms with Crippen molar-refractivity contribution in [2.75, 3.05) is 6.54 Å². The summed E-state index contributed by atoms with van der Waals surface area (Å²) < 4.78 is 29.3. The second kappa shape index (κ2) is 7.63. The Bertz CT molecular complexity index is 923. The minimum Gasteiger partial charge on any atom is -0.290 e. The number of amidine groups is 1. The topological polar surface area (TPSA) is 66.8 Å². The van der Waals surface area contributed by atoms with E-state index in [2.05, 4.69) is 4.40 Å². The number of carbonyl (C=O) groups excluding carboxylic acids is 1. The van der Waals surface area contributed by atoms with Crippen LogP contribution in [0.1, 0.15) is 30.2 Å². The van der Waals surface area contributed by atoms with Gasteiger partial charge in [-0.1, -0.05) is 61.2 Å². The van der Waals surface area contributed by atoms with Gasteiger partial charge in [0.25, 0.3) is 10.0 Å². The van der Waals surface area contributed by atoms with E-state index in [0.29, 0.717) is 6.54 Å². The van der Waals surface area contributed by atoms with E-state index in [1.807, 2.05) is 44.2 Å². The Hall–Kier alpha value is -2.12. The van der Waals surface area contributed by atoms with Crippen LogP contribution >= 0.6 is 11.8 Å². The third-order valence-corrected chi connectivity index (χ3v) is 6.82. The molecule has 2 aromatic rings. The lowest BCUT2D eigenvalue weighted by Crippen LogP contribution is -2.30. The van der Waals surface area contributed by atoms with Crippen LogP contribution in [0.4, 0.5) is 0 Å². The Morgan fingerprint density at radius 3 is 2.27 bits per heavy atom. The zero-order valence-corrected chi connectivity index (χ0v) is 16.3. The summed E-state index contributed by atoms with van der Waals surface area (Å²) in [6.45, 7) is 4.19. The number of likely N-dealkylation sites (N-methyl/N-ethyl adjacent to an activating group) is 1. The summed E-state index contributed by atoms with van der Waals surface area (Å²) in [5, 5.41) is -0.238. The zero-order valence-electron chi connectivity index (χ0n) is 14.6. The van der Waals surface area contributed by atoms with E-state index >= 15 is 0 Å². The fourth-order valence-electron chi connectivity index (χ4n) is 2.71. The number of hydrogen-bond acceptors (Lipinski definition) is 4. The lowest BCUT2D eigenvalue weighted by Gasteiger charge is -2.13. The van der Waals surface area contributed by atoms with Gasteiger partial charge in [0, 0.05) is 6.54 Å². The lowest BCUT2D eigenvalue weighted by atomic mass is 10.1. The molecule has 1 amide bonds. The van der Waals surface area contributed by atoms with Crippen LogP contribution in [0, 0.1) is 0 Å². The van der Waals surface area contributed by atoms with E-state index in [4.69, 9.17) is 0 Å². The van der Waals surface area contributed by atoms with E-state index in [1.54, 1.807) is 24.3 Å². The molecule has 7 heteroatoms. The largest absolute Gasteiger partial charge is 0.290 e. The van der Waals surface area contributed by atoms with Crippen LogP contribution in [0.3, 0.4) is 0 Å². The summed E-state index contributed by atoms with van der Waals surface area (Å²) in [5.41, 5.74) is 1.90. The van der Waals surface area contributed by atoms with Crippen LogP contribution < -0.4 is 0 Å². The van der Waals surface area contributed by atoms with Gasteiger partial charge in [-0.3, -0.25) is 9.69 Å². The molecule has 136 valence electrons. The molecule has 0 N–H and O–H groups in total. The Morgan fingerprint density at radius 1 is 1.04 bits per heavy atom. The van der Waals surface area contributed by atoms with Gasteiger partial charge in [-0.2, -0.15) is 8.42 Å². The molecule has 1 saturated heterocycles. The highest BCUT2D eigenvalue weighted by atomic mass is 32.2. The predicted molar refractivity (Wildman–Crippen MR) is 105 cm³/mol. The molecule has 0 bridgehead atoms. The summed E-state index contributed by atoms with van der Waals surface area (Å²) in [7, 11) is -3.87. The van der Waals surface area contributed by atoms with Crippen molar-refractivity contribution in [2.24, 2.45) is 4.40 Å². The highest BCUT2D eigenvalue weighted by molar-refractivity contribution is 8.15. The number of rotatable bonds is 5. The number of aryl methyl sites for hydroxylation is 1. The van der Waals surface area contributed by atoms with Gasteiger partial charge in [0.2, 0.25) is 5.91 Å². The molecule has 1 heterocycles. The second-order valence-corrected chi connectivity index (χ2v) is 8.51. The molecule has 0 aliphatic carbocycles. The fraction of sp³-hybridized carbons (Fsp3) is 0.263. The number of amides is 1. The van der Waals surface area contributed by atoms with Gasteiger partial charge < -0.3 is 0 Å². The average molecular weight is 389 g/mol. The van der Waals surface area contributed by atoms with Crippen molar-refractivity contribution in [2.45, 2.75) is 30.4 Å². The Morgan fingerprint density at radius 2 is 1.69 bits per heavy atom. The van der Waals surface area contributed by atoms with Crippen LogP contribution in [0.25, 0.3) is 0 Å². The minimum atomic E-state index is -3.87. The molecular weight excluding hydrogens is 368 g/mol. The molecule has 2 aromatic carbocycles. The summed E-state index contributed by atoms with van der Waals surface area (Å²) in [6, 6.07) is 16.0. The molecule has 1 fully saturated rings. The van der Waals surface area contributed by atoms with Crippen molar-refractivity contribution in [3.8, 4) is 0 Å². The third kappa shape index (κ3) is 3.68. The van der Waals surface area contributed by atoms with Gasteiger partial charge in [0.05, 0.1) is 4.90 Å². The summed E-state index contributed by atoms with van der Waals surface area (Å²) in [5.74, 6) is -0.140. The van der Waals surface area contributed by atoms with Crippen LogP contribution in [0.2, 0.25) is 0 Å². The van der Waals surface area contributed by atoms with Gasteiger partial charge >= 0.3 is 0 Å². The van der Waals surface area contributed by atoms with Crippen molar-refractivity contribution in [1.29, 1.82) is 0 Å². The van der Waals surface area contributed by atoms with Gasteiger partial charge in [0.1, 0.15) is 5.25 Å². The molecule has 1 unspecified atom stereocenters. The number of thioether (sulfide) groups is 1. The van der Waals surface area contributed by atoms with Gasteiger partial charge in [-0.25, -0.2) is 0 Å². The van der Waals surface area contributed by atoms with E-state index in [9.17, 15) is 13.2 Å². The standard InChI is InChI=1S/C19H20N2O3S2/c1-3-14-10-12-16(13-11-14)26(23,24)20-19-21(4-2)18(22)17(25-19)15-8-6-5-7-9-15/h5-13,17H,3-4H2,1-2H3. The first-order valence-corrected chi connectivity index (χ1v) is 10.7. The van der Waals surface area contributed by atoms with Gasteiger partial charge in [-0.05, 0) is 36.6 Å². The van der Waals surface area contributed by atoms with E-state index in [1.165, 1.54) is 16.7 Å². The predicted octanol–water partition coefficient (Wildman–Crippen LogP) is 3.63. The van der Waals surface area contributed by atoms with E-state index in [-0.39, 0.29) is 16.0 Å². The first-order chi connectivity index (χ1) is 12.5. The lowest BCUT2D eigenvalue weighted by molar-refractivity contribution is -0.126. The average Bonchev–Trinajstić information content (AvgIpc) is 2.97. The Labute approximate surface area is 158 Å². The van der Waals surface area contributed by atoms with Crippen molar-refractivity contribution < 1.29 is 13.2 Å². The van der Waals surface area contributed by atoms with Crippen LogP contribution in [0.15, 0.2) is 63.9 Å². The molecule has 0 spiro atoms. The highest BCUT2D eigenvalue weighted by Gasteiger charge is 2.39. The van der Waals surface area contributed by atoms with Crippen molar-refractivity contribution in [1.82, 2.24) is 4.90 Å². The molecule has 26 heavy (non-hydrogen) atoms. The van der Waals surface area contributed by atoms with Crippen molar-refractivity contribution in [3.05, 3.63) is 65.7 Å². The minimum absolute atomic E-state index is 0.134. The Kier molecular flexibility index (Phi) is 5.48. The number of benzene rings is 2. The van der Waals surface area contributed by atoms with Crippen LogP contribution in [-0.4, -0.2) is 30.9 Å². The summed E-state index contributed by atoms with van der Waals surface area (Å²) in [6.07, 6.45) is 0.835. The summed E-state index contributed by atoms with van der Waals surface area (Å²) in [4.78, 5) is 14.2. The molecule has 0 aromatic heterocycles. The normalized spacial score (nSPS) is 19.3. The molecule has 0 radical (unpaired) electrons. The van der Waals surface area contributed by atoms with Gasteiger partial charge in [0.15, 0.2) is 5.17 Å². The SMILES string of the molecule is CCc1ccc(S(=O)(=O)N=C2SC(c3ccccc3)C(=O)N2CC)cc1. The Balaban J connectivity index is 1.94. The van der Waals surface area contributed by atoms with E-state index in [0.717, 1.165) is 17.5 Å².